The van der Waals surface area contributed by atoms with Crippen molar-refractivity contribution in [2.75, 3.05) is 53.0 Å². The van der Waals surface area contributed by atoms with Gasteiger partial charge in [0.15, 0.2) is 5.96 Å². The zero-order chi connectivity index (χ0) is 16.1. The molecular formula is C16H29IN6O. The Balaban J connectivity index is 0.00000208. The molecule has 0 aliphatic carbocycles. The highest BCUT2D eigenvalue weighted by Crippen LogP contribution is 2.16. The first kappa shape index (κ1) is 19.5. The summed E-state index contributed by atoms with van der Waals surface area (Å²) in [5, 5.41) is 7.78. The Morgan fingerprint density at radius 1 is 1.38 bits per heavy atom. The standard InChI is InChI=1S/C16H28N6O.HI/c1-14-11-19-22(12-14)6-4-18-16(17-2)21-5-3-15(13-21)20-7-9-23-10-8-20;/h11-12,15H,3-10,13H2,1-2H3,(H,17,18);1H. The molecular weight excluding hydrogens is 419 g/mol. The maximum Gasteiger partial charge on any atom is 0.193 e. The number of aliphatic imine (C=N–C) groups is 1. The van der Waals surface area contributed by atoms with Crippen molar-refractivity contribution < 1.29 is 4.74 Å². The second-order valence-electron chi connectivity index (χ2n) is 6.29. The molecule has 1 aromatic rings. The first-order valence-corrected chi connectivity index (χ1v) is 8.52. The minimum absolute atomic E-state index is 0. The van der Waals surface area contributed by atoms with Crippen LogP contribution < -0.4 is 5.32 Å². The number of halogens is 1. The van der Waals surface area contributed by atoms with Crippen LogP contribution in [0.15, 0.2) is 17.4 Å². The number of aryl methyl sites for hydroxylation is 1. The molecule has 0 amide bonds. The van der Waals surface area contributed by atoms with Gasteiger partial charge < -0.3 is 15.0 Å². The van der Waals surface area contributed by atoms with Crippen LogP contribution in [0.1, 0.15) is 12.0 Å². The summed E-state index contributed by atoms with van der Waals surface area (Å²) in [4.78, 5) is 9.37. The van der Waals surface area contributed by atoms with Crippen LogP contribution in [0, 0.1) is 6.92 Å². The van der Waals surface area contributed by atoms with E-state index in [1.54, 1.807) is 0 Å². The predicted molar refractivity (Wildman–Crippen MR) is 106 cm³/mol. The molecule has 7 nitrogen and oxygen atoms in total. The fourth-order valence-corrected chi connectivity index (χ4v) is 3.38. The number of ether oxygens (including phenoxy) is 1. The molecule has 2 aliphatic rings. The third kappa shape index (κ3) is 5.06. The minimum atomic E-state index is 0. The lowest BCUT2D eigenvalue weighted by atomic mass is 10.2. The van der Waals surface area contributed by atoms with Gasteiger partial charge in [-0.2, -0.15) is 5.10 Å². The van der Waals surface area contributed by atoms with Gasteiger partial charge in [-0.3, -0.25) is 14.6 Å². The van der Waals surface area contributed by atoms with Gasteiger partial charge in [-0.1, -0.05) is 0 Å². The molecule has 2 fully saturated rings. The molecule has 1 atom stereocenters. The van der Waals surface area contributed by atoms with E-state index in [4.69, 9.17) is 4.74 Å². The maximum atomic E-state index is 5.45. The lowest BCUT2D eigenvalue weighted by Gasteiger charge is -2.32. The van der Waals surface area contributed by atoms with Crippen LogP contribution >= 0.6 is 24.0 Å². The summed E-state index contributed by atoms with van der Waals surface area (Å²) in [7, 11) is 1.86. The highest BCUT2D eigenvalue weighted by molar-refractivity contribution is 14.0. The van der Waals surface area contributed by atoms with Gasteiger partial charge in [0, 0.05) is 52.0 Å². The number of hydrogen-bond donors (Lipinski definition) is 1. The lowest BCUT2D eigenvalue weighted by molar-refractivity contribution is 0.0195. The van der Waals surface area contributed by atoms with Crippen LogP contribution in [0.25, 0.3) is 0 Å². The van der Waals surface area contributed by atoms with Gasteiger partial charge in [-0.25, -0.2) is 0 Å². The van der Waals surface area contributed by atoms with Crippen LogP contribution in [0.4, 0.5) is 0 Å². The van der Waals surface area contributed by atoms with E-state index in [2.05, 4.69) is 38.3 Å². The third-order valence-corrected chi connectivity index (χ3v) is 4.62. The summed E-state index contributed by atoms with van der Waals surface area (Å²) >= 11 is 0. The van der Waals surface area contributed by atoms with Crippen LogP contribution in [0.5, 0.6) is 0 Å². The van der Waals surface area contributed by atoms with E-state index in [1.807, 2.05) is 17.9 Å². The molecule has 1 N–H and O–H groups in total. The summed E-state index contributed by atoms with van der Waals surface area (Å²) in [6.07, 6.45) is 5.16. The number of hydrogen-bond acceptors (Lipinski definition) is 4. The number of nitrogens with zero attached hydrogens (tertiary/aromatic N) is 5. The van der Waals surface area contributed by atoms with Crippen molar-refractivity contribution in [2.45, 2.75) is 25.9 Å². The number of morpholine rings is 1. The van der Waals surface area contributed by atoms with Gasteiger partial charge in [-0.15, -0.1) is 24.0 Å². The normalized spacial score (nSPS) is 22.5. The molecule has 0 saturated carbocycles. The first-order valence-electron chi connectivity index (χ1n) is 8.52. The average Bonchev–Trinajstić information content (AvgIpc) is 3.22. The van der Waals surface area contributed by atoms with Crippen molar-refractivity contribution in [3.05, 3.63) is 18.0 Å². The SMILES string of the molecule is CN=C(NCCn1cc(C)cn1)N1CCC(N2CCOCC2)C1.I. The number of likely N-dealkylation sites (tertiary alicyclic amines) is 1. The maximum absolute atomic E-state index is 5.45. The first-order chi connectivity index (χ1) is 11.3. The fourth-order valence-electron chi connectivity index (χ4n) is 3.38. The molecule has 24 heavy (non-hydrogen) atoms. The van der Waals surface area contributed by atoms with Gasteiger partial charge in [0.2, 0.25) is 0 Å². The zero-order valence-electron chi connectivity index (χ0n) is 14.6. The zero-order valence-corrected chi connectivity index (χ0v) is 17.0. The van der Waals surface area contributed by atoms with Gasteiger partial charge in [-0.05, 0) is 18.9 Å². The third-order valence-electron chi connectivity index (χ3n) is 4.62. The van der Waals surface area contributed by atoms with E-state index in [0.29, 0.717) is 6.04 Å². The van der Waals surface area contributed by atoms with E-state index in [0.717, 1.165) is 58.4 Å². The summed E-state index contributed by atoms with van der Waals surface area (Å²) in [5.41, 5.74) is 1.20. The molecule has 3 rings (SSSR count). The molecule has 0 spiro atoms. The molecule has 0 bridgehead atoms. The van der Waals surface area contributed by atoms with Gasteiger partial charge >= 0.3 is 0 Å². The molecule has 2 saturated heterocycles. The van der Waals surface area contributed by atoms with Gasteiger partial charge in [0.25, 0.3) is 0 Å². The Bertz CT molecular complexity index is 528. The number of aromatic nitrogens is 2. The smallest absolute Gasteiger partial charge is 0.193 e. The van der Waals surface area contributed by atoms with Crippen molar-refractivity contribution in [1.29, 1.82) is 0 Å². The van der Waals surface area contributed by atoms with Crippen molar-refractivity contribution in [1.82, 2.24) is 24.9 Å². The number of rotatable bonds is 4. The number of guanidine groups is 1. The minimum Gasteiger partial charge on any atom is -0.379 e. The quantitative estimate of drug-likeness (QED) is 0.420. The largest absolute Gasteiger partial charge is 0.379 e. The van der Waals surface area contributed by atoms with Crippen molar-refractivity contribution >= 4 is 29.9 Å². The second-order valence-corrected chi connectivity index (χ2v) is 6.29. The Kier molecular flexibility index (Phi) is 7.76. The Hall–Kier alpha value is -0.870. The topological polar surface area (TPSA) is 57.9 Å². The summed E-state index contributed by atoms with van der Waals surface area (Å²) < 4.78 is 7.42. The Morgan fingerprint density at radius 3 is 2.83 bits per heavy atom. The van der Waals surface area contributed by atoms with E-state index in [9.17, 15) is 0 Å². The van der Waals surface area contributed by atoms with E-state index >= 15 is 0 Å². The van der Waals surface area contributed by atoms with Crippen LogP contribution in [0.3, 0.4) is 0 Å². The van der Waals surface area contributed by atoms with Crippen molar-refractivity contribution in [2.24, 2.45) is 4.99 Å². The Morgan fingerprint density at radius 2 is 2.17 bits per heavy atom. The summed E-state index contributed by atoms with van der Waals surface area (Å²) in [6, 6.07) is 0.631. The van der Waals surface area contributed by atoms with E-state index in [-0.39, 0.29) is 24.0 Å². The highest BCUT2D eigenvalue weighted by Gasteiger charge is 2.30. The van der Waals surface area contributed by atoms with Gasteiger partial charge in [0.1, 0.15) is 0 Å². The van der Waals surface area contributed by atoms with E-state index in [1.165, 1.54) is 12.0 Å². The molecule has 2 aliphatic heterocycles. The monoisotopic (exact) mass is 448 g/mol. The molecule has 1 aromatic heterocycles. The lowest BCUT2D eigenvalue weighted by Crippen LogP contribution is -2.47. The molecule has 0 aromatic carbocycles. The summed E-state index contributed by atoms with van der Waals surface area (Å²) in [6.45, 7) is 9.74. The highest BCUT2D eigenvalue weighted by atomic mass is 127. The molecule has 3 heterocycles. The molecule has 1 unspecified atom stereocenters. The van der Waals surface area contributed by atoms with Crippen LogP contribution in [-0.4, -0.2) is 84.6 Å². The summed E-state index contributed by atoms with van der Waals surface area (Å²) in [5.74, 6) is 1.00. The van der Waals surface area contributed by atoms with Gasteiger partial charge in [0.05, 0.1) is 26.0 Å². The van der Waals surface area contributed by atoms with E-state index < -0.39 is 0 Å². The molecule has 8 heteroatoms. The number of nitrogens with one attached hydrogen (secondary N) is 1. The van der Waals surface area contributed by atoms with Crippen molar-refractivity contribution in [3.8, 4) is 0 Å². The molecule has 0 radical (unpaired) electrons. The fraction of sp³-hybridized carbons (Fsp3) is 0.750. The van der Waals surface area contributed by atoms with Crippen LogP contribution in [0.2, 0.25) is 0 Å². The Labute approximate surface area is 161 Å². The second kappa shape index (κ2) is 9.57. The van der Waals surface area contributed by atoms with Crippen LogP contribution in [-0.2, 0) is 11.3 Å². The average molecular weight is 448 g/mol. The molecule has 136 valence electrons. The van der Waals surface area contributed by atoms with Crippen molar-refractivity contribution in [3.63, 3.8) is 0 Å². The predicted octanol–water partition coefficient (Wildman–Crippen LogP) is 0.791.